The van der Waals surface area contributed by atoms with Gasteiger partial charge >= 0.3 is 0 Å². The van der Waals surface area contributed by atoms with Gasteiger partial charge in [0, 0.05) is 32.1 Å². The molecule has 20 heavy (non-hydrogen) atoms. The van der Waals surface area contributed by atoms with Crippen LogP contribution in [-0.4, -0.2) is 24.9 Å². The number of rotatable bonds is 6. The Hall–Kier alpha value is -1.84. The SMILES string of the molecule is CC(=O)N(CCC(=O)NCC(C)C)c1ccccc1C. The van der Waals surface area contributed by atoms with Gasteiger partial charge in [-0.05, 0) is 24.5 Å². The summed E-state index contributed by atoms with van der Waals surface area (Å²) in [5, 5.41) is 2.87. The first-order valence-corrected chi connectivity index (χ1v) is 7.02. The van der Waals surface area contributed by atoms with Crippen molar-refractivity contribution in [2.24, 2.45) is 5.92 Å². The van der Waals surface area contributed by atoms with Gasteiger partial charge in [0.1, 0.15) is 0 Å². The Balaban J connectivity index is 2.64. The molecule has 0 heterocycles. The summed E-state index contributed by atoms with van der Waals surface area (Å²) in [4.78, 5) is 25.2. The summed E-state index contributed by atoms with van der Waals surface area (Å²) < 4.78 is 0. The predicted molar refractivity (Wildman–Crippen MR) is 81.7 cm³/mol. The average Bonchev–Trinajstić information content (AvgIpc) is 2.38. The predicted octanol–water partition coefficient (Wildman–Crippen LogP) is 2.51. The standard InChI is InChI=1S/C16H24N2O2/c1-12(2)11-17-16(20)9-10-18(14(4)19)15-8-6-5-7-13(15)3/h5-8,12H,9-11H2,1-4H3,(H,17,20). The molecule has 1 aromatic rings. The highest BCUT2D eigenvalue weighted by molar-refractivity contribution is 5.93. The summed E-state index contributed by atoms with van der Waals surface area (Å²) in [6.07, 6.45) is 0.320. The monoisotopic (exact) mass is 276 g/mol. The lowest BCUT2D eigenvalue weighted by Gasteiger charge is -2.23. The van der Waals surface area contributed by atoms with Crippen molar-refractivity contribution in [2.45, 2.75) is 34.1 Å². The number of carbonyl (C=O) groups is 2. The number of carbonyl (C=O) groups excluding carboxylic acids is 2. The van der Waals surface area contributed by atoms with Gasteiger partial charge in [-0.2, -0.15) is 0 Å². The molecule has 0 aliphatic carbocycles. The van der Waals surface area contributed by atoms with Crippen LogP contribution in [0.1, 0.15) is 32.8 Å². The van der Waals surface area contributed by atoms with Crippen LogP contribution in [0.3, 0.4) is 0 Å². The zero-order valence-electron chi connectivity index (χ0n) is 12.8. The Morgan fingerprint density at radius 3 is 2.45 bits per heavy atom. The van der Waals surface area contributed by atoms with Crippen molar-refractivity contribution < 1.29 is 9.59 Å². The fourth-order valence-corrected chi connectivity index (χ4v) is 1.93. The van der Waals surface area contributed by atoms with E-state index in [0.29, 0.717) is 25.4 Å². The van der Waals surface area contributed by atoms with E-state index < -0.39 is 0 Å². The second-order valence-electron chi connectivity index (χ2n) is 5.41. The number of aryl methyl sites for hydroxylation is 1. The zero-order chi connectivity index (χ0) is 15.1. The summed E-state index contributed by atoms with van der Waals surface area (Å²) >= 11 is 0. The second-order valence-corrected chi connectivity index (χ2v) is 5.41. The maximum absolute atomic E-state index is 11.8. The highest BCUT2D eigenvalue weighted by Crippen LogP contribution is 2.19. The molecule has 0 saturated carbocycles. The van der Waals surface area contributed by atoms with Gasteiger partial charge in [-0.15, -0.1) is 0 Å². The van der Waals surface area contributed by atoms with Crippen LogP contribution in [-0.2, 0) is 9.59 Å². The third kappa shape index (κ3) is 5.03. The number of anilines is 1. The molecule has 4 nitrogen and oxygen atoms in total. The molecule has 0 aliphatic heterocycles. The van der Waals surface area contributed by atoms with Crippen LogP contribution in [0.25, 0.3) is 0 Å². The van der Waals surface area contributed by atoms with Gasteiger partial charge in [-0.1, -0.05) is 32.0 Å². The number of hydrogen-bond acceptors (Lipinski definition) is 2. The van der Waals surface area contributed by atoms with E-state index in [1.54, 1.807) is 4.90 Å². The lowest BCUT2D eigenvalue weighted by Crippen LogP contribution is -2.35. The number of nitrogens with zero attached hydrogens (tertiary/aromatic N) is 1. The number of para-hydroxylation sites is 1. The van der Waals surface area contributed by atoms with E-state index in [4.69, 9.17) is 0 Å². The first kappa shape index (κ1) is 16.2. The first-order chi connectivity index (χ1) is 9.41. The molecule has 2 amide bonds. The van der Waals surface area contributed by atoms with E-state index in [-0.39, 0.29) is 11.8 Å². The van der Waals surface area contributed by atoms with Crippen molar-refractivity contribution in [1.82, 2.24) is 5.32 Å². The van der Waals surface area contributed by atoms with E-state index >= 15 is 0 Å². The quantitative estimate of drug-likeness (QED) is 0.868. The fraction of sp³-hybridized carbons (Fsp3) is 0.500. The highest BCUT2D eigenvalue weighted by Gasteiger charge is 2.14. The largest absolute Gasteiger partial charge is 0.356 e. The van der Waals surface area contributed by atoms with Crippen molar-refractivity contribution >= 4 is 17.5 Å². The Labute approximate surface area is 121 Å². The molecule has 0 atom stereocenters. The zero-order valence-corrected chi connectivity index (χ0v) is 12.8. The molecule has 0 aromatic heterocycles. The van der Waals surface area contributed by atoms with E-state index in [1.807, 2.05) is 31.2 Å². The summed E-state index contributed by atoms with van der Waals surface area (Å²) in [6, 6.07) is 7.70. The van der Waals surface area contributed by atoms with Gasteiger partial charge in [0.2, 0.25) is 11.8 Å². The normalized spacial score (nSPS) is 10.4. The maximum Gasteiger partial charge on any atom is 0.223 e. The molecule has 0 spiro atoms. The lowest BCUT2D eigenvalue weighted by atomic mass is 10.1. The summed E-state index contributed by atoms with van der Waals surface area (Å²) in [6.45, 7) is 8.67. The van der Waals surface area contributed by atoms with Crippen LogP contribution < -0.4 is 10.2 Å². The summed E-state index contributed by atoms with van der Waals surface area (Å²) in [5.41, 5.74) is 1.90. The van der Waals surface area contributed by atoms with Crippen LogP contribution in [0.5, 0.6) is 0 Å². The summed E-state index contributed by atoms with van der Waals surface area (Å²) in [5.74, 6) is 0.369. The van der Waals surface area contributed by atoms with Gasteiger partial charge in [-0.3, -0.25) is 9.59 Å². The first-order valence-electron chi connectivity index (χ1n) is 7.02. The van der Waals surface area contributed by atoms with Crippen LogP contribution in [0, 0.1) is 12.8 Å². The minimum atomic E-state index is -0.0454. The summed E-state index contributed by atoms with van der Waals surface area (Å²) in [7, 11) is 0. The van der Waals surface area contributed by atoms with Crippen LogP contribution in [0.2, 0.25) is 0 Å². The minimum Gasteiger partial charge on any atom is -0.356 e. The van der Waals surface area contributed by atoms with Crippen molar-refractivity contribution in [3.8, 4) is 0 Å². The minimum absolute atomic E-state index is 0.0152. The lowest BCUT2D eigenvalue weighted by molar-refractivity contribution is -0.121. The topological polar surface area (TPSA) is 49.4 Å². The number of amides is 2. The number of nitrogens with one attached hydrogen (secondary N) is 1. The van der Waals surface area contributed by atoms with E-state index in [9.17, 15) is 9.59 Å². The molecular weight excluding hydrogens is 252 g/mol. The van der Waals surface area contributed by atoms with Crippen LogP contribution >= 0.6 is 0 Å². The van der Waals surface area contributed by atoms with E-state index in [0.717, 1.165) is 11.3 Å². The van der Waals surface area contributed by atoms with Crippen molar-refractivity contribution in [1.29, 1.82) is 0 Å². The molecule has 0 unspecified atom stereocenters. The molecule has 0 saturated heterocycles. The maximum atomic E-state index is 11.8. The van der Waals surface area contributed by atoms with Gasteiger partial charge in [0.25, 0.3) is 0 Å². The van der Waals surface area contributed by atoms with E-state index in [2.05, 4.69) is 19.2 Å². The number of hydrogen-bond donors (Lipinski definition) is 1. The second kappa shape index (κ2) is 7.68. The highest BCUT2D eigenvalue weighted by atomic mass is 16.2. The van der Waals surface area contributed by atoms with E-state index in [1.165, 1.54) is 6.92 Å². The molecular formula is C16H24N2O2. The Bertz CT molecular complexity index is 469. The fourth-order valence-electron chi connectivity index (χ4n) is 1.93. The van der Waals surface area contributed by atoms with Gasteiger partial charge in [0.15, 0.2) is 0 Å². The molecule has 0 bridgehead atoms. The molecule has 0 fully saturated rings. The molecule has 1 rings (SSSR count). The molecule has 4 heteroatoms. The van der Waals surface area contributed by atoms with Crippen molar-refractivity contribution in [2.75, 3.05) is 18.0 Å². The van der Waals surface area contributed by atoms with Gasteiger partial charge in [0.05, 0.1) is 0 Å². The molecule has 1 N–H and O–H groups in total. The molecule has 0 aliphatic rings. The Morgan fingerprint density at radius 2 is 1.90 bits per heavy atom. The Kier molecular flexibility index (Phi) is 6.22. The molecule has 0 radical (unpaired) electrons. The van der Waals surface area contributed by atoms with Crippen molar-refractivity contribution in [3.05, 3.63) is 29.8 Å². The third-order valence-corrected chi connectivity index (χ3v) is 3.06. The van der Waals surface area contributed by atoms with Crippen molar-refractivity contribution in [3.63, 3.8) is 0 Å². The van der Waals surface area contributed by atoms with Crippen LogP contribution in [0.15, 0.2) is 24.3 Å². The smallest absolute Gasteiger partial charge is 0.223 e. The molecule has 110 valence electrons. The Morgan fingerprint density at radius 1 is 1.25 bits per heavy atom. The van der Waals surface area contributed by atoms with Gasteiger partial charge < -0.3 is 10.2 Å². The third-order valence-electron chi connectivity index (χ3n) is 3.06. The number of benzene rings is 1. The molecule has 1 aromatic carbocycles. The van der Waals surface area contributed by atoms with Gasteiger partial charge in [-0.25, -0.2) is 0 Å². The average molecular weight is 276 g/mol. The van der Waals surface area contributed by atoms with Crippen LogP contribution in [0.4, 0.5) is 5.69 Å².